The highest BCUT2D eigenvalue weighted by atomic mass is 16.1. The van der Waals surface area contributed by atoms with E-state index in [0.717, 1.165) is 5.56 Å². The molecule has 0 aromatic heterocycles. The van der Waals surface area contributed by atoms with E-state index in [1.807, 2.05) is 18.2 Å². The van der Waals surface area contributed by atoms with Gasteiger partial charge in [0.05, 0.1) is 0 Å². The van der Waals surface area contributed by atoms with Gasteiger partial charge in [0.25, 0.3) is 0 Å². The molecule has 0 aliphatic heterocycles. The van der Waals surface area contributed by atoms with Crippen LogP contribution in [0.3, 0.4) is 0 Å². The Morgan fingerprint density at radius 1 is 0.889 bits per heavy atom. The lowest BCUT2D eigenvalue weighted by molar-refractivity contribution is -0.116. The zero-order valence-corrected chi connectivity index (χ0v) is 10.3. The largest absolute Gasteiger partial charge is 0.300 e. The lowest BCUT2D eigenvalue weighted by Gasteiger charge is -2.09. The van der Waals surface area contributed by atoms with E-state index in [9.17, 15) is 4.79 Å². The highest BCUT2D eigenvalue weighted by Gasteiger charge is 2.07. The molecule has 0 fully saturated rings. The lowest BCUT2D eigenvalue weighted by atomic mass is 9.95. The normalized spacial score (nSPS) is 10.9. The minimum Gasteiger partial charge on any atom is -0.300 e. The van der Waals surface area contributed by atoms with Crippen molar-refractivity contribution in [3.63, 3.8) is 0 Å². The standard InChI is InChI=1S/C17H14O/c1-12(18)10-14-11-13-6-2-3-7-15(13)17-9-5-4-8-16(14)17/h2-9,11H,10H2,1H3. The maximum Gasteiger partial charge on any atom is 0.134 e. The number of carbonyl (C=O) groups excluding carboxylic acids is 1. The minimum atomic E-state index is 0.204. The van der Waals surface area contributed by atoms with Gasteiger partial charge in [-0.2, -0.15) is 0 Å². The summed E-state index contributed by atoms with van der Waals surface area (Å²) < 4.78 is 0. The van der Waals surface area contributed by atoms with Gasteiger partial charge in [0.1, 0.15) is 5.78 Å². The summed E-state index contributed by atoms with van der Waals surface area (Å²) in [5.74, 6) is 0.204. The molecule has 0 atom stereocenters. The molecule has 88 valence electrons. The molecule has 0 heterocycles. The fourth-order valence-corrected chi connectivity index (χ4v) is 2.55. The molecule has 1 nitrogen and oxygen atoms in total. The molecule has 0 spiro atoms. The number of hydrogen-bond donors (Lipinski definition) is 0. The van der Waals surface area contributed by atoms with Gasteiger partial charge in [0.15, 0.2) is 0 Å². The van der Waals surface area contributed by atoms with E-state index in [0.29, 0.717) is 6.42 Å². The molecule has 3 aromatic carbocycles. The summed E-state index contributed by atoms with van der Waals surface area (Å²) in [6, 6.07) is 18.8. The Morgan fingerprint density at radius 3 is 2.22 bits per heavy atom. The van der Waals surface area contributed by atoms with Crippen LogP contribution in [-0.2, 0) is 11.2 Å². The monoisotopic (exact) mass is 234 g/mol. The highest BCUT2D eigenvalue weighted by molar-refractivity contribution is 6.09. The van der Waals surface area contributed by atoms with E-state index >= 15 is 0 Å². The zero-order chi connectivity index (χ0) is 12.5. The Morgan fingerprint density at radius 2 is 1.50 bits per heavy atom. The number of fused-ring (bicyclic) bond motifs is 3. The second kappa shape index (κ2) is 4.26. The molecule has 0 bridgehead atoms. The highest BCUT2D eigenvalue weighted by Crippen LogP contribution is 2.28. The topological polar surface area (TPSA) is 17.1 Å². The third kappa shape index (κ3) is 1.78. The Kier molecular flexibility index (Phi) is 2.60. The molecular weight excluding hydrogens is 220 g/mol. The molecule has 18 heavy (non-hydrogen) atoms. The minimum absolute atomic E-state index is 0.204. The average molecular weight is 234 g/mol. The summed E-state index contributed by atoms with van der Waals surface area (Å²) in [6.45, 7) is 1.64. The number of carbonyl (C=O) groups is 1. The first-order valence-corrected chi connectivity index (χ1v) is 6.14. The second-order valence-corrected chi connectivity index (χ2v) is 4.68. The average Bonchev–Trinajstić information content (AvgIpc) is 2.38. The van der Waals surface area contributed by atoms with Crippen molar-refractivity contribution in [1.29, 1.82) is 0 Å². The van der Waals surface area contributed by atoms with E-state index in [4.69, 9.17) is 0 Å². The van der Waals surface area contributed by atoms with Crippen LogP contribution in [0.5, 0.6) is 0 Å². The lowest BCUT2D eigenvalue weighted by Crippen LogP contribution is -1.97. The number of ketones is 1. The molecule has 3 rings (SSSR count). The van der Waals surface area contributed by atoms with Gasteiger partial charge in [0, 0.05) is 6.42 Å². The first-order valence-electron chi connectivity index (χ1n) is 6.14. The van der Waals surface area contributed by atoms with Crippen molar-refractivity contribution in [2.45, 2.75) is 13.3 Å². The molecule has 0 radical (unpaired) electrons. The Labute approximate surface area is 106 Å². The summed E-state index contributed by atoms with van der Waals surface area (Å²) >= 11 is 0. The predicted octanol–water partition coefficient (Wildman–Crippen LogP) is 4.12. The molecule has 0 saturated heterocycles. The van der Waals surface area contributed by atoms with Crippen molar-refractivity contribution in [1.82, 2.24) is 0 Å². The maximum atomic E-state index is 11.4. The Bertz CT molecular complexity index is 741. The first kappa shape index (κ1) is 11.0. The predicted molar refractivity (Wildman–Crippen MR) is 75.8 cm³/mol. The van der Waals surface area contributed by atoms with Gasteiger partial charge in [-0.15, -0.1) is 0 Å². The van der Waals surface area contributed by atoms with Crippen LogP contribution in [0.25, 0.3) is 21.5 Å². The molecule has 0 aliphatic carbocycles. The summed E-state index contributed by atoms with van der Waals surface area (Å²) in [5.41, 5.74) is 1.12. The van der Waals surface area contributed by atoms with Crippen LogP contribution in [-0.4, -0.2) is 5.78 Å². The zero-order valence-electron chi connectivity index (χ0n) is 10.3. The van der Waals surface area contributed by atoms with Crippen molar-refractivity contribution < 1.29 is 4.79 Å². The third-order valence-corrected chi connectivity index (χ3v) is 3.29. The maximum absolute atomic E-state index is 11.4. The van der Waals surface area contributed by atoms with Crippen LogP contribution < -0.4 is 0 Å². The molecule has 0 unspecified atom stereocenters. The van der Waals surface area contributed by atoms with Crippen LogP contribution >= 0.6 is 0 Å². The van der Waals surface area contributed by atoms with E-state index in [-0.39, 0.29) is 5.78 Å². The smallest absolute Gasteiger partial charge is 0.134 e. The first-order chi connectivity index (χ1) is 8.75. The van der Waals surface area contributed by atoms with Crippen molar-refractivity contribution >= 4 is 27.3 Å². The van der Waals surface area contributed by atoms with Crippen LogP contribution in [0, 0.1) is 0 Å². The number of hydrogen-bond acceptors (Lipinski definition) is 1. The van der Waals surface area contributed by atoms with Gasteiger partial charge in [0.2, 0.25) is 0 Å². The summed E-state index contributed by atoms with van der Waals surface area (Å²) in [6.07, 6.45) is 0.505. The molecule has 0 amide bonds. The quantitative estimate of drug-likeness (QED) is 0.609. The van der Waals surface area contributed by atoms with Crippen molar-refractivity contribution in [2.24, 2.45) is 0 Å². The van der Waals surface area contributed by atoms with Crippen molar-refractivity contribution in [3.8, 4) is 0 Å². The van der Waals surface area contributed by atoms with Crippen LogP contribution in [0.2, 0.25) is 0 Å². The van der Waals surface area contributed by atoms with Gasteiger partial charge in [-0.25, -0.2) is 0 Å². The summed E-state index contributed by atoms with van der Waals surface area (Å²) in [5, 5.41) is 4.87. The van der Waals surface area contributed by atoms with E-state index in [1.54, 1.807) is 6.92 Å². The number of Topliss-reactive ketones (excluding diaryl/α,β-unsaturated/α-hetero) is 1. The Hall–Kier alpha value is -2.15. The van der Waals surface area contributed by atoms with Gasteiger partial charge in [-0.1, -0.05) is 54.6 Å². The van der Waals surface area contributed by atoms with E-state index in [1.165, 1.54) is 21.5 Å². The molecule has 0 N–H and O–H groups in total. The third-order valence-electron chi connectivity index (χ3n) is 3.29. The SMILES string of the molecule is CC(=O)Cc1cc2ccccc2c2ccccc12. The van der Waals surface area contributed by atoms with E-state index in [2.05, 4.69) is 36.4 Å². The number of rotatable bonds is 2. The molecular formula is C17H14O. The molecule has 1 heteroatoms. The van der Waals surface area contributed by atoms with Crippen LogP contribution in [0.4, 0.5) is 0 Å². The Balaban J connectivity index is 2.42. The van der Waals surface area contributed by atoms with Crippen LogP contribution in [0.1, 0.15) is 12.5 Å². The fraction of sp³-hybridized carbons (Fsp3) is 0.118. The van der Waals surface area contributed by atoms with Crippen molar-refractivity contribution in [2.75, 3.05) is 0 Å². The van der Waals surface area contributed by atoms with Crippen LogP contribution in [0.15, 0.2) is 54.6 Å². The van der Waals surface area contributed by atoms with Crippen molar-refractivity contribution in [3.05, 3.63) is 60.2 Å². The molecule has 0 saturated carbocycles. The van der Waals surface area contributed by atoms with Gasteiger partial charge < -0.3 is 0 Å². The van der Waals surface area contributed by atoms with Gasteiger partial charge >= 0.3 is 0 Å². The molecule has 3 aromatic rings. The van der Waals surface area contributed by atoms with Gasteiger partial charge in [-0.3, -0.25) is 4.79 Å². The van der Waals surface area contributed by atoms with Gasteiger partial charge in [-0.05, 0) is 34.0 Å². The number of benzene rings is 3. The summed E-state index contributed by atoms with van der Waals surface area (Å²) in [7, 11) is 0. The summed E-state index contributed by atoms with van der Waals surface area (Å²) in [4.78, 5) is 11.4. The van der Waals surface area contributed by atoms with E-state index < -0.39 is 0 Å². The fourth-order valence-electron chi connectivity index (χ4n) is 2.55. The molecule has 0 aliphatic rings. The second-order valence-electron chi connectivity index (χ2n) is 4.68.